The molecule has 5 rings (SSSR count). The van der Waals surface area contributed by atoms with Crippen LogP contribution >= 0.6 is 0 Å². The second-order valence-corrected chi connectivity index (χ2v) is 13.2. The Bertz CT molecular complexity index is 1270. The molecule has 2 saturated carbocycles. The average Bonchev–Trinajstić information content (AvgIpc) is 3.37. The SMILES string of the molecule is C=C[C@@H]1O[C@@H]2C3=C(C)[C@@H](O)C[C@@](O)([C@@H](OC(=O)c4ccccc4)[C@H]4[C@@](C)(CC[C@@H](O)[C@]4(CC)OC(C)=O)[C@@H]2O1)C3(C)C. The number of rotatable bonds is 5. The largest absolute Gasteiger partial charge is 0.456 e. The van der Waals surface area contributed by atoms with Crippen LogP contribution in [0.15, 0.2) is 54.1 Å². The predicted molar refractivity (Wildman–Crippen MR) is 153 cm³/mol. The molecule has 2 bridgehead atoms. The Morgan fingerprint density at radius 3 is 2.40 bits per heavy atom. The predicted octanol–water partition coefficient (Wildman–Crippen LogP) is 3.85. The molecule has 0 spiro atoms. The van der Waals surface area contributed by atoms with Gasteiger partial charge in [-0.15, -0.1) is 0 Å². The van der Waals surface area contributed by atoms with E-state index in [1.54, 1.807) is 36.4 Å². The van der Waals surface area contributed by atoms with Crippen LogP contribution in [0.1, 0.15) is 77.6 Å². The van der Waals surface area contributed by atoms with Crippen molar-refractivity contribution in [1.82, 2.24) is 0 Å². The average molecular weight is 585 g/mol. The van der Waals surface area contributed by atoms with Gasteiger partial charge in [-0.1, -0.05) is 52.5 Å². The fraction of sp³-hybridized carbons (Fsp3) is 0.636. The van der Waals surface area contributed by atoms with E-state index in [0.29, 0.717) is 17.6 Å². The molecule has 230 valence electrons. The van der Waals surface area contributed by atoms with Crippen LogP contribution in [0, 0.1) is 16.7 Å². The van der Waals surface area contributed by atoms with Gasteiger partial charge in [0.15, 0.2) is 6.29 Å². The molecule has 10 atom stereocenters. The third kappa shape index (κ3) is 4.31. The van der Waals surface area contributed by atoms with Crippen LogP contribution in [0.25, 0.3) is 0 Å². The topological polar surface area (TPSA) is 132 Å². The Morgan fingerprint density at radius 2 is 1.81 bits per heavy atom. The lowest BCUT2D eigenvalue weighted by Gasteiger charge is -2.65. The van der Waals surface area contributed by atoms with E-state index in [4.69, 9.17) is 18.9 Å². The van der Waals surface area contributed by atoms with E-state index in [2.05, 4.69) is 6.58 Å². The summed E-state index contributed by atoms with van der Waals surface area (Å²) in [5.74, 6) is -2.23. The van der Waals surface area contributed by atoms with Crippen LogP contribution < -0.4 is 0 Å². The molecule has 3 N–H and O–H groups in total. The molecular weight excluding hydrogens is 540 g/mol. The van der Waals surface area contributed by atoms with Gasteiger partial charge in [0.2, 0.25) is 0 Å². The Hall–Kier alpha value is -2.56. The maximum Gasteiger partial charge on any atom is 0.338 e. The first-order valence-corrected chi connectivity index (χ1v) is 14.9. The molecule has 0 amide bonds. The molecule has 1 aromatic rings. The molecule has 0 aromatic heterocycles. The zero-order valence-corrected chi connectivity index (χ0v) is 25.3. The number of esters is 2. The summed E-state index contributed by atoms with van der Waals surface area (Å²) in [6.07, 6.45) is -3.39. The lowest BCUT2D eigenvalue weighted by Crippen LogP contribution is -2.75. The van der Waals surface area contributed by atoms with Gasteiger partial charge in [0.1, 0.15) is 23.4 Å². The minimum atomic E-state index is -1.87. The van der Waals surface area contributed by atoms with Gasteiger partial charge < -0.3 is 34.3 Å². The molecule has 3 fully saturated rings. The van der Waals surface area contributed by atoms with E-state index in [9.17, 15) is 24.9 Å². The molecule has 1 saturated heterocycles. The summed E-state index contributed by atoms with van der Waals surface area (Å²) in [6.45, 7) is 14.5. The Balaban J connectivity index is 1.84. The van der Waals surface area contributed by atoms with Gasteiger partial charge in [0.25, 0.3) is 0 Å². The quantitative estimate of drug-likeness (QED) is 0.349. The summed E-state index contributed by atoms with van der Waals surface area (Å²) in [5, 5.41) is 36.1. The van der Waals surface area contributed by atoms with Gasteiger partial charge in [-0.3, -0.25) is 4.79 Å². The van der Waals surface area contributed by atoms with Gasteiger partial charge in [-0.25, -0.2) is 4.79 Å². The molecule has 9 heteroatoms. The number of carbonyl (C=O) groups excluding carboxylic acids is 2. The first kappa shape index (κ1) is 30.9. The van der Waals surface area contributed by atoms with Crippen molar-refractivity contribution in [3.8, 4) is 0 Å². The molecular formula is C33H44O9. The number of ether oxygens (including phenoxy) is 4. The highest BCUT2D eigenvalue weighted by Crippen LogP contribution is 2.65. The van der Waals surface area contributed by atoms with Crippen molar-refractivity contribution in [2.75, 3.05) is 0 Å². The highest BCUT2D eigenvalue weighted by atomic mass is 16.7. The molecule has 1 aromatic carbocycles. The number of hydrogen-bond donors (Lipinski definition) is 3. The molecule has 0 unspecified atom stereocenters. The second-order valence-electron chi connectivity index (χ2n) is 13.2. The van der Waals surface area contributed by atoms with Crippen molar-refractivity contribution in [3.05, 3.63) is 59.7 Å². The van der Waals surface area contributed by atoms with E-state index < -0.39 is 76.7 Å². The number of carbonyl (C=O) groups is 2. The summed E-state index contributed by atoms with van der Waals surface area (Å²) < 4.78 is 25.5. The third-order valence-electron chi connectivity index (χ3n) is 10.8. The van der Waals surface area contributed by atoms with E-state index in [0.717, 1.165) is 0 Å². The fourth-order valence-corrected chi connectivity index (χ4v) is 8.62. The van der Waals surface area contributed by atoms with Gasteiger partial charge >= 0.3 is 11.9 Å². The number of fused-ring (bicyclic) bond motifs is 6. The van der Waals surface area contributed by atoms with Gasteiger partial charge in [0, 0.05) is 30.1 Å². The first-order chi connectivity index (χ1) is 19.7. The highest BCUT2D eigenvalue weighted by molar-refractivity contribution is 5.89. The van der Waals surface area contributed by atoms with Crippen LogP contribution in [0.2, 0.25) is 0 Å². The third-order valence-corrected chi connectivity index (χ3v) is 10.8. The van der Waals surface area contributed by atoms with Crippen molar-refractivity contribution in [1.29, 1.82) is 0 Å². The lowest BCUT2D eigenvalue weighted by molar-refractivity contribution is -0.285. The second kappa shape index (κ2) is 10.6. The fourth-order valence-electron chi connectivity index (χ4n) is 8.62. The molecule has 42 heavy (non-hydrogen) atoms. The number of aliphatic hydroxyl groups excluding tert-OH is 2. The van der Waals surface area contributed by atoms with E-state index >= 15 is 0 Å². The number of aliphatic hydroxyl groups is 3. The van der Waals surface area contributed by atoms with E-state index in [-0.39, 0.29) is 24.8 Å². The summed E-state index contributed by atoms with van der Waals surface area (Å²) in [4.78, 5) is 26.6. The van der Waals surface area contributed by atoms with Crippen molar-refractivity contribution in [3.63, 3.8) is 0 Å². The van der Waals surface area contributed by atoms with Crippen molar-refractivity contribution < 1.29 is 43.9 Å². The smallest absolute Gasteiger partial charge is 0.338 e. The Labute approximate surface area is 247 Å². The first-order valence-electron chi connectivity index (χ1n) is 14.9. The molecule has 4 aliphatic rings. The zero-order valence-electron chi connectivity index (χ0n) is 25.3. The molecule has 3 aliphatic carbocycles. The molecule has 1 aliphatic heterocycles. The maximum atomic E-state index is 13.8. The minimum absolute atomic E-state index is 0.145. The van der Waals surface area contributed by atoms with Crippen LogP contribution in [-0.2, 0) is 23.7 Å². The minimum Gasteiger partial charge on any atom is -0.456 e. The number of benzene rings is 1. The van der Waals surface area contributed by atoms with E-state index in [1.165, 1.54) is 6.92 Å². The summed E-state index contributed by atoms with van der Waals surface area (Å²) in [5.41, 5.74) is -3.84. The van der Waals surface area contributed by atoms with Crippen LogP contribution in [0.4, 0.5) is 0 Å². The van der Waals surface area contributed by atoms with Crippen LogP contribution in [0.3, 0.4) is 0 Å². The monoisotopic (exact) mass is 584 g/mol. The normalized spacial score (nSPS) is 42.5. The Morgan fingerprint density at radius 1 is 1.14 bits per heavy atom. The summed E-state index contributed by atoms with van der Waals surface area (Å²) >= 11 is 0. The molecule has 0 radical (unpaired) electrons. The summed E-state index contributed by atoms with van der Waals surface area (Å²) in [7, 11) is 0. The highest BCUT2D eigenvalue weighted by Gasteiger charge is 2.74. The molecule has 9 nitrogen and oxygen atoms in total. The van der Waals surface area contributed by atoms with Crippen molar-refractivity contribution >= 4 is 11.9 Å². The van der Waals surface area contributed by atoms with Gasteiger partial charge in [0.05, 0.1) is 23.9 Å². The summed E-state index contributed by atoms with van der Waals surface area (Å²) in [6, 6.07) is 8.47. The van der Waals surface area contributed by atoms with Gasteiger partial charge in [-0.05, 0) is 55.5 Å². The lowest BCUT2D eigenvalue weighted by atomic mass is 9.45. The zero-order chi connectivity index (χ0) is 30.8. The van der Waals surface area contributed by atoms with Crippen LogP contribution in [-0.4, -0.2) is 75.3 Å². The standard InChI is InChI=1S/C33H44O9/c1-8-23-39-25-24-18(3)21(35)17-33(38,30(24,5)6)28(41-29(37)20-13-11-10-12-14-20)26-31(7,27(25)40-23)16-15-22(36)32(26,9-2)42-19(4)34/h8,10-14,21-23,25-28,35-36,38H,1,9,15-17H2,2-7H3/t21-,22+,23+,25+,26-,27+,28-,31+,32-,33+/m0/s1. The van der Waals surface area contributed by atoms with Gasteiger partial charge in [-0.2, -0.15) is 0 Å². The maximum absolute atomic E-state index is 13.8. The van der Waals surface area contributed by atoms with E-state index in [1.807, 2.05) is 34.6 Å². The van der Waals surface area contributed by atoms with Crippen LogP contribution in [0.5, 0.6) is 0 Å². The number of hydrogen-bond acceptors (Lipinski definition) is 9. The molecule has 1 heterocycles. The van der Waals surface area contributed by atoms with Crippen molar-refractivity contribution in [2.45, 2.75) is 115 Å². The van der Waals surface area contributed by atoms with Crippen molar-refractivity contribution in [2.24, 2.45) is 16.7 Å². The Kier molecular flexibility index (Phi) is 7.76.